The summed E-state index contributed by atoms with van der Waals surface area (Å²) in [7, 11) is 1.58. The first kappa shape index (κ1) is 17.7. The van der Waals surface area contributed by atoms with Crippen LogP contribution in [0.1, 0.15) is 25.3 Å². The normalized spacial score (nSPS) is 11.4. The number of nitriles is 1. The van der Waals surface area contributed by atoms with Crippen molar-refractivity contribution in [3.63, 3.8) is 0 Å². The Morgan fingerprint density at radius 3 is 2.81 bits per heavy atom. The Bertz CT molecular complexity index is 953. The van der Waals surface area contributed by atoms with Crippen molar-refractivity contribution in [2.75, 3.05) is 7.11 Å². The largest absolute Gasteiger partial charge is 0.493 e. The third-order valence-electron chi connectivity index (χ3n) is 3.38. The number of hydrogen-bond donors (Lipinski definition) is 0. The van der Waals surface area contributed by atoms with Crippen LogP contribution in [0.3, 0.4) is 0 Å². The van der Waals surface area contributed by atoms with E-state index in [4.69, 9.17) is 14.0 Å². The molecule has 7 heteroatoms. The average Bonchev–Trinajstić information content (AvgIpc) is 3.31. The molecule has 6 nitrogen and oxygen atoms in total. The molecule has 0 aliphatic heterocycles. The number of benzene rings is 1. The zero-order valence-electron chi connectivity index (χ0n) is 14.6. The summed E-state index contributed by atoms with van der Waals surface area (Å²) in [5.41, 5.74) is 1.05. The molecule has 0 spiro atoms. The van der Waals surface area contributed by atoms with Crippen LogP contribution >= 0.6 is 11.3 Å². The monoisotopic (exact) mass is 367 g/mol. The second-order valence-electron chi connectivity index (χ2n) is 5.65. The molecular weight excluding hydrogens is 350 g/mol. The molecule has 0 unspecified atom stereocenters. The SMILES string of the molecule is COc1cc(/C=C(\C#N)c2nc(-c3cccs3)no2)ccc1OC(C)C. The van der Waals surface area contributed by atoms with Crippen LogP contribution in [-0.2, 0) is 0 Å². The molecule has 2 heterocycles. The van der Waals surface area contributed by atoms with Gasteiger partial charge in [0.05, 0.1) is 18.1 Å². The highest BCUT2D eigenvalue weighted by atomic mass is 32.1. The molecule has 132 valence electrons. The Morgan fingerprint density at radius 1 is 1.31 bits per heavy atom. The maximum atomic E-state index is 9.48. The van der Waals surface area contributed by atoms with Gasteiger partial charge in [-0.15, -0.1) is 11.3 Å². The minimum Gasteiger partial charge on any atom is -0.493 e. The van der Waals surface area contributed by atoms with Gasteiger partial charge in [0.15, 0.2) is 11.5 Å². The third kappa shape index (κ3) is 3.92. The second kappa shape index (κ2) is 7.85. The molecule has 1 aromatic carbocycles. The van der Waals surface area contributed by atoms with E-state index in [9.17, 15) is 5.26 Å². The van der Waals surface area contributed by atoms with Crippen molar-refractivity contribution in [2.24, 2.45) is 0 Å². The zero-order valence-corrected chi connectivity index (χ0v) is 15.4. The molecule has 2 aromatic heterocycles. The van der Waals surface area contributed by atoms with Gasteiger partial charge < -0.3 is 14.0 Å². The lowest BCUT2D eigenvalue weighted by Gasteiger charge is -2.13. The van der Waals surface area contributed by atoms with Crippen LogP contribution in [0, 0.1) is 11.3 Å². The Labute approximate surface area is 155 Å². The number of allylic oxidation sites excluding steroid dienone is 1. The molecule has 0 saturated carbocycles. The fourth-order valence-corrected chi connectivity index (χ4v) is 2.92. The van der Waals surface area contributed by atoms with Gasteiger partial charge in [-0.1, -0.05) is 17.3 Å². The smallest absolute Gasteiger partial charge is 0.268 e. The number of nitrogens with zero attached hydrogens (tertiary/aromatic N) is 3. The number of ether oxygens (including phenoxy) is 2. The van der Waals surface area contributed by atoms with Crippen LogP contribution in [-0.4, -0.2) is 23.4 Å². The predicted molar refractivity (Wildman–Crippen MR) is 99.9 cm³/mol. The first-order valence-corrected chi connectivity index (χ1v) is 8.83. The Hall–Kier alpha value is -3.11. The first-order chi connectivity index (χ1) is 12.6. The standard InChI is InChI=1S/C19H17N3O3S/c1-12(2)24-15-7-6-13(10-16(15)23-3)9-14(11-20)19-21-18(22-25-19)17-5-4-8-26-17/h4-10,12H,1-3H3/b14-9+. The van der Waals surface area contributed by atoms with Crippen LogP contribution in [0.4, 0.5) is 0 Å². The maximum absolute atomic E-state index is 9.48. The van der Waals surface area contributed by atoms with Crippen molar-refractivity contribution >= 4 is 23.0 Å². The lowest BCUT2D eigenvalue weighted by Crippen LogP contribution is -2.06. The molecule has 0 radical (unpaired) electrons. The van der Waals surface area contributed by atoms with Crippen LogP contribution in [0.25, 0.3) is 22.4 Å². The summed E-state index contributed by atoms with van der Waals surface area (Å²) in [5.74, 6) is 1.89. The highest BCUT2D eigenvalue weighted by Gasteiger charge is 2.14. The first-order valence-electron chi connectivity index (χ1n) is 7.95. The van der Waals surface area contributed by atoms with E-state index in [0.29, 0.717) is 17.3 Å². The Morgan fingerprint density at radius 2 is 2.15 bits per heavy atom. The third-order valence-corrected chi connectivity index (χ3v) is 4.25. The van der Waals surface area contributed by atoms with E-state index in [0.717, 1.165) is 10.4 Å². The van der Waals surface area contributed by atoms with Gasteiger partial charge in [-0.2, -0.15) is 10.2 Å². The number of hydrogen-bond acceptors (Lipinski definition) is 7. The Balaban J connectivity index is 1.91. The second-order valence-corrected chi connectivity index (χ2v) is 6.59. The molecule has 0 amide bonds. The number of aromatic nitrogens is 2. The molecule has 0 saturated heterocycles. The van der Waals surface area contributed by atoms with Crippen LogP contribution < -0.4 is 9.47 Å². The molecule has 3 aromatic rings. The molecule has 0 aliphatic carbocycles. The number of thiophene rings is 1. The Kier molecular flexibility index (Phi) is 5.34. The van der Waals surface area contributed by atoms with Crippen LogP contribution in [0.15, 0.2) is 40.2 Å². The summed E-state index contributed by atoms with van der Waals surface area (Å²) in [5, 5.41) is 15.3. The molecule has 0 atom stereocenters. The number of rotatable bonds is 6. The molecule has 3 rings (SSSR count). The van der Waals surface area contributed by atoms with E-state index in [2.05, 4.69) is 16.2 Å². The fourth-order valence-electron chi connectivity index (χ4n) is 2.27. The maximum Gasteiger partial charge on any atom is 0.268 e. The van der Waals surface area contributed by atoms with Crippen molar-refractivity contribution in [1.82, 2.24) is 10.1 Å². The summed E-state index contributed by atoms with van der Waals surface area (Å²) in [6.07, 6.45) is 1.71. The highest BCUT2D eigenvalue weighted by Crippen LogP contribution is 2.31. The van der Waals surface area contributed by atoms with Crippen molar-refractivity contribution in [2.45, 2.75) is 20.0 Å². The number of methoxy groups -OCH3 is 1. The topological polar surface area (TPSA) is 81.2 Å². The minimum atomic E-state index is 0.0361. The average molecular weight is 367 g/mol. The molecule has 0 N–H and O–H groups in total. The van der Waals surface area contributed by atoms with Gasteiger partial charge >= 0.3 is 0 Å². The van der Waals surface area contributed by atoms with Crippen LogP contribution in [0.5, 0.6) is 11.5 Å². The van der Waals surface area contributed by atoms with Gasteiger partial charge in [0, 0.05) is 0 Å². The fraction of sp³-hybridized carbons (Fsp3) is 0.211. The van der Waals surface area contributed by atoms with Gasteiger partial charge in [-0.3, -0.25) is 0 Å². The van der Waals surface area contributed by atoms with Crippen molar-refractivity contribution in [3.05, 3.63) is 47.2 Å². The summed E-state index contributed by atoms with van der Waals surface area (Å²) >= 11 is 1.51. The molecule has 26 heavy (non-hydrogen) atoms. The van der Waals surface area contributed by atoms with Crippen LogP contribution in [0.2, 0.25) is 0 Å². The molecule has 0 aliphatic rings. The van der Waals surface area contributed by atoms with E-state index in [1.807, 2.05) is 43.5 Å². The predicted octanol–water partition coefficient (Wildman–Crippen LogP) is 4.66. The van der Waals surface area contributed by atoms with E-state index in [1.54, 1.807) is 19.3 Å². The van der Waals surface area contributed by atoms with E-state index in [-0.39, 0.29) is 17.6 Å². The van der Waals surface area contributed by atoms with Crippen molar-refractivity contribution in [3.8, 4) is 28.3 Å². The van der Waals surface area contributed by atoms with Crippen molar-refractivity contribution in [1.29, 1.82) is 5.26 Å². The lowest BCUT2D eigenvalue weighted by atomic mass is 10.1. The highest BCUT2D eigenvalue weighted by molar-refractivity contribution is 7.13. The summed E-state index contributed by atoms with van der Waals surface area (Å²) in [4.78, 5) is 5.19. The molecular formula is C19H17N3O3S. The summed E-state index contributed by atoms with van der Waals surface area (Å²) in [6.45, 7) is 3.89. The van der Waals surface area contributed by atoms with Gasteiger partial charge in [0.2, 0.25) is 5.82 Å². The van der Waals surface area contributed by atoms with E-state index >= 15 is 0 Å². The van der Waals surface area contributed by atoms with Gasteiger partial charge in [0.25, 0.3) is 5.89 Å². The summed E-state index contributed by atoms with van der Waals surface area (Å²) < 4.78 is 16.3. The quantitative estimate of drug-likeness (QED) is 0.590. The van der Waals surface area contributed by atoms with Gasteiger partial charge in [-0.05, 0) is 49.1 Å². The van der Waals surface area contributed by atoms with Crippen molar-refractivity contribution < 1.29 is 14.0 Å². The minimum absolute atomic E-state index is 0.0361. The molecule has 0 bridgehead atoms. The van der Waals surface area contributed by atoms with Gasteiger partial charge in [0.1, 0.15) is 11.6 Å². The van der Waals surface area contributed by atoms with E-state index < -0.39 is 0 Å². The van der Waals surface area contributed by atoms with Gasteiger partial charge in [-0.25, -0.2) is 0 Å². The summed E-state index contributed by atoms with van der Waals surface area (Å²) in [6, 6.07) is 11.4. The lowest BCUT2D eigenvalue weighted by molar-refractivity contribution is 0.230. The van der Waals surface area contributed by atoms with E-state index in [1.165, 1.54) is 11.3 Å². The molecule has 0 fully saturated rings. The zero-order chi connectivity index (χ0) is 18.5.